The summed E-state index contributed by atoms with van der Waals surface area (Å²) >= 11 is 1.10. The highest BCUT2D eigenvalue weighted by Gasteiger charge is 2.17. The Bertz CT molecular complexity index is 366. The van der Waals surface area contributed by atoms with Gasteiger partial charge in [0.15, 0.2) is 5.82 Å². The summed E-state index contributed by atoms with van der Waals surface area (Å²) in [5.41, 5.74) is 0. The Morgan fingerprint density at radius 2 is 2.31 bits per heavy atom. The van der Waals surface area contributed by atoms with Crippen LogP contribution in [0.4, 0.5) is 0 Å². The van der Waals surface area contributed by atoms with Crippen LogP contribution < -0.4 is 5.84 Å². The average molecular weight is 244 g/mol. The number of hydrogen-bond acceptors (Lipinski definition) is 5. The van der Waals surface area contributed by atoms with Gasteiger partial charge in [0, 0.05) is 6.42 Å². The van der Waals surface area contributed by atoms with E-state index < -0.39 is 11.2 Å². The SMILES string of the molecule is CCCCc1nnc(SC(C)C(=O)O)n1N. The summed E-state index contributed by atoms with van der Waals surface area (Å²) in [5, 5.41) is 16.4. The number of carboxylic acids is 1. The molecule has 3 N–H and O–H groups in total. The van der Waals surface area contributed by atoms with E-state index in [0.29, 0.717) is 11.0 Å². The molecule has 7 heteroatoms. The van der Waals surface area contributed by atoms with Gasteiger partial charge in [-0.3, -0.25) is 4.79 Å². The van der Waals surface area contributed by atoms with Crippen molar-refractivity contribution in [3.05, 3.63) is 5.82 Å². The number of rotatable bonds is 6. The molecular formula is C9H16N4O2S. The zero-order valence-corrected chi connectivity index (χ0v) is 10.2. The molecule has 1 heterocycles. The predicted molar refractivity (Wildman–Crippen MR) is 61.7 cm³/mol. The molecule has 0 aliphatic rings. The van der Waals surface area contributed by atoms with Gasteiger partial charge in [0.25, 0.3) is 0 Å². The molecule has 16 heavy (non-hydrogen) atoms. The van der Waals surface area contributed by atoms with Crippen LogP contribution in [0.5, 0.6) is 0 Å². The van der Waals surface area contributed by atoms with Crippen LogP contribution in [-0.4, -0.2) is 31.2 Å². The molecule has 0 spiro atoms. The normalized spacial score (nSPS) is 12.6. The number of nitrogens with zero attached hydrogens (tertiary/aromatic N) is 3. The van der Waals surface area contributed by atoms with E-state index in [-0.39, 0.29) is 0 Å². The van der Waals surface area contributed by atoms with E-state index >= 15 is 0 Å². The Balaban J connectivity index is 2.68. The maximum absolute atomic E-state index is 10.7. The summed E-state index contributed by atoms with van der Waals surface area (Å²) in [6.07, 6.45) is 2.82. The van der Waals surface area contributed by atoms with Crippen molar-refractivity contribution in [1.82, 2.24) is 14.9 Å². The predicted octanol–water partition coefficient (Wildman–Crippen LogP) is 0.900. The van der Waals surface area contributed by atoms with E-state index in [1.807, 2.05) is 0 Å². The van der Waals surface area contributed by atoms with Gasteiger partial charge >= 0.3 is 5.97 Å². The highest BCUT2D eigenvalue weighted by molar-refractivity contribution is 8.00. The van der Waals surface area contributed by atoms with E-state index in [2.05, 4.69) is 17.1 Å². The number of carboxylic acid groups (broad SMARTS) is 1. The van der Waals surface area contributed by atoms with Crippen LogP contribution in [0.25, 0.3) is 0 Å². The quantitative estimate of drug-likeness (QED) is 0.570. The second-order valence-electron chi connectivity index (χ2n) is 3.47. The molecule has 0 aromatic carbocycles. The van der Waals surface area contributed by atoms with E-state index in [1.165, 1.54) is 4.68 Å². The highest BCUT2D eigenvalue weighted by atomic mass is 32.2. The Morgan fingerprint density at radius 1 is 1.62 bits per heavy atom. The van der Waals surface area contributed by atoms with Crippen LogP contribution in [0.3, 0.4) is 0 Å². The standard InChI is InChI=1S/C9H16N4O2S/c1-3-4-5-7-11-12-9(13(7)10)16-6(2)8(14)15/h6H,3-5,10H2,1-2H3,(H,14,15). The number of nitrogen functional groups attached to an aromatic ring is 1. The minimum absolute atomic E-state index is 0.445. The fourth-order valence-corrected chi connectivity index (χ4v) is 1.83. The number of hydrogen-bond donors (Lipinski definition) is 2. The van der Waals surface area contributed by atoms with Crippen LogP contribution in [0.15, 0.2) is 5.16 Å². The number of unbranched alkanes of at least 4 members (excludes halogenated alkanes) is 1. The molecule has 1 unspecified atom stereocenters. The van der Waals surface area contributed by atoms with Gasteiger partial charge in [-0.2, -0.15) is 0 Å². The second kappa shape index (κ2) is 5.74. The highest BCUT2D eigenvalue weighted by Crippen LogP contribution is 2.20. The van der Waals surface area contributed by atoms with E-state index in [9.17, 15) is 4.79 Å². The maximum atomic E-state index is 10.7. The topological polar surface area (TPSA) is 94.0 Å². The summed E-state index contributed by atoms with van der Waals surface area (Å²) in [6, 6.07) is 0. The van der Waals surface area contributed by atoms with Crippen LogP contribution >= 0.6 is 11.8 Å². The fraction of sp³-hybridized carbons (Fsp3) is 0.667. The summed E-state index contributed by atoms with van der Waals surface area (Å²) in [4.78, 5) is 10.7. The third kappa shape index (κ3) is 3.13. The number of carbonyl (C=O) groups is 1. The maximum Gasteiger partial charge on any atom is 0.316 e. The number of aryl methyl sites for hydroxylation is 1. The Labute approximate surface area is 98.2 Å². The molecular weight excluding hydrogens is 228 g/mol. The van der Waals surface area contributed by atoms with E-state index in [1.54, 1.807) is 6.92 Å². The van der Waals surface area contributed by atoms with Gasteiger partial charge in [-0.15, -0.1) is 10.2 Å². The molecule has 0 fully saturated rings. The van der Waals surface area contributed by atoms with Crippen molar-refractivity contribution in [2.24, 2.45) is 0 Å². The first kappa shape index (κ1) is 12.8. The first-order valence-electron chi connectivity index (χ1n) is 5.15. The molecule has 1 aromatic rings. The lowest BCUT2D eigenvalue weighted by molar-refractivity contribution is -0.136. The first-order chi connectivity index (χ1) is 7.56. The molecule has 0 bridgehead atoms. The van der Waals surface area contributed by atoms with Crippen LogP contribution in [-0.2, 0) is 11.2 Å². The van der Waals surface area contributed by atoms with Crippen LogP contribution in [0.1, 0.15) is 32.5 Å². The average Bonchev–Trinajstić information content (AvgIpc) is 2.57. The lowest BCUT2D eigenvalue weighted by Gasteiger charge is -2.05. The molecule has 1 rings (SSSR count). The van der Waals surface area contributed by atoms with Gasteiger partial charge in [-0.25, -0.2) is 4.68 Å². The van der Waals surface area contributed by atoms with Gasteiger partial charge < -0.3 is 10.9 Å². The van der Waals surface area contributed by atoms with Crippen molar-refractivity contribution in [2.45, 2.75) is 43.5 Å². The summed E-state index contributed by atoms with van der Waals surface area (Å²) in [7, 11) is 0. The molecule has 0 amide bonds. The van der Waals surface area contributed by atoms with Crippen molar-refractivity contribution in [3.8, 4) is 0 Å². The smallest absolute Gasteiger partial charge is 0.316 e. The zero-order valence-electron chi connectivity index (χ0n) is 9.38. The minimum atomic E-state index is -0.886. The van der Waals surface area contributed by atoms with E-state index in [0.717, 1.165) is 31.0 Å². The van der Waals surface area contributed by atoms with Crippen molar-refractivity contribution >= 4 is 17.7 Å². The molecule has 0 saturated carbocycles. The molecule has 0 aliphatic carbocycles. The third-order valence-electron chi connectivity index (χ3n) is 2.12. The molecule has 0 saturated heterocycles. The number of aromatic nitrogens is 3. The molecule has 1 atom stereocenters. The van der Waals surface area contributed by atoms with E-state index in [4.69, 9.17) is 10.9 Å². The number of nitrogens with two attached hydrogens (primary N) is 1. The lowest BCUT2D eigenvalue weighted by atomic mass is 10.2. The van der Waals surface area contributed by atoms with Crippen molar-refractivity contribution in [1.29, 1.82) is 0 Å². The lowest BCUT2D eigenvalue weighted by Crippen LogP contribution is -2.17. The van der Waals surface area contributed by atoms with Crippen molar-refractivity contribution in [3.63, 3.8) is 0 Å². The second-order valence-corrected chi connectivity index (χ2v) is 4.78. The Kier molecular flexibility index (Phi) is 4.60. The van der Waals surface area contributed by atoms with Crippen LogP contribution in [0.2, 0.25) is 0 Å². The minimum Gasteiger partial charge on any atom is -0.480 e. The van der Waals surface area contributed by atoms with Gasteiger partial charge in [-0.1, -0.05) is 25.1 Å². The van der Waals surface area contributed by atoms with Crippen molar-refractivity contribution < 1.29 is 9.90 Å². The molecule has 0 aliphatic heterocycles. The summed E-state index contributed by atoms with van der Waals surface area (Å²) in [5.74, 6) is 5.58. The molecule has 1 aromatic heterocycles. The van der Waals surface area contributed by atoms with Crippen LogP contribution in [0, 0.1) is 0 Å². The Morgan fingerprint density at radius 3 is 2.88 bits per heavy atom. The summed E-state index contributed by atoms with van der Waals surface area (Å²) < 4.78 is 1.37. The third-order valence-corrected chi connectivity index (χ3v) is 3.16. The summed E-state index contributed by atoms with van der Waals surface area (Å²) in [6.45, 7) is 3.67. The molecule has 6 nitrogen and oxygen atoms in total. The molecule has 0 radical (unpaired) electrons. The Hall–Kier alpha value is -1.24. The molecule has 90 valence electrons. The number of aliphatic carboxylic acids is 1. The van der Waals surface area contributed by atoms with Gasteiger partial charge in [0.2, 0.25) is 5.16 Å². The largest absolute Gasteiger partial charge is 0.480 e. The van der Waals surface area contributed by atoms with Gasteiger partial charge in [0.05, 0.1) is 0 Å². The first-order valence-corrected chi connectivity index (χ1v) is 6.03. The zero-order chi connectivity index (χ0) is 12.1. The number of thioether (sulfide) groups is 1. The monoisotopic (exact) mass is 244 g/mol. The van der Waals surface area contributed by atoms with Gasteiger partial charge in [-0.05, 0) is 13.3 Å². The fourth-order valence-electron chi connectivity index (χ4n) is 1.10. The van der Waals surface area contributed by atoms with Gasteiger partial charge in [0.1, 0.15) is 5.25 Å². The van der Waals surface area contributed by atoms with Crippen molar-refractivity contribution in [2.75, 3.05) is 5.84 Å².